The summed E-state index contributed by atoms with van der Waals surface area (Å²) in [4.78, 5) is 10.7. The van der Waals surface area contributed by atoms with Crippen molar-refractivity contribution in [1.82, 2.24) is 5.32 Å². The zero-order valence-corrected chi connectivity index (χ0v) is 7.49. The number of ether oxygens (including phenoxy) is 1. The van der Waals surface area contributed by atoms with E-state index in [1.165, 1.54) is 7.11 Å². The molecule has 0 aromatic rings. The molecule has 0 saturated heterocycles. The smallest absolute Gasteiger partial charge is 0.319 e. The van der Waals surface area contributed by atoms with Gasteiger partial charge < -0.3 is 20.1 Å². The Morgan fingerprint density at radius 1 is 1.31 bits per heavy atom. The van der Waals surface area contributed by atoms with E-state index in [0.29, 0.717) is 0 Å². The fourth-order valence-corrected chi connectivity index (χ4v) is 0.650. The lowest BCUT2D eigenvalue weighted by molar-refractivity contribution is -0.140. The lowest BCUT2D eigenvalue weighted by Crippen LogP contribution is -2.56. The third-order valence-corrected chi connectivity index (χ3v) is 1.74. The summed E-state index contributed by atoms with van der Waals surface area (Å²) in [5, 5.41) is 29.0. The van der Waals surface area contributed by atoms with Gasteiger partial charge in [-0.2, -0.15) is 0 Å². The normalized spacial score (nSPS) is 11.4. The zero-order chi connectivity index (χ0) is 10.3. The van der Waals surface area contributed by atoms with Crippen molar-refractivity contribution in [3.05, 3.63) is 0 Å². The quantitative estimate of drug-likeness (QED) is 0.347. The Morgan fingerprint density at radius 3 is 2.08 bits per heavy atom. The summed E-state index contributed by atoms with van der Waals surface area (Å²) in [6.45, 7) is -1.55. The molecule has 0 bridgehead atoms. The highest BCUT2D eigenvalue weighted by atomic mass is 16.5. The van der Waals surface area contributed by atoms with E-state index in [-0.39, 0.29) is 6.54 Å². The second-order valence-corrected chi connectivity index (χ2v) is 2.68. The first kappa shape index (κ1) is 12.3. The lowest BCUT2D eigenvalue weighted by atomic mass is 10.0. The maximum absolute atomic E-state index is 10.7. The van der Waals surface area contributed by atoms with Gasteiger partial charge in [0.1, 0.15) is 0 Å². The molecular weight excluding hydrogens is 178 g/mol. The largest absolute Gasteiger partial charge is 0.468 e. The fraction of sp³-hybridized carbons (Fsp3) is 0.857. The van der Waals surface area contributed by atoms with Gasteiger partial charge in [-0.15, -0.1) is 0 Å². The van der Waals surface area contributed by atoms with Gasteiger partial charge in [0.15, 0.2) is 0 Å². The van der Waals surface area contributed by atoms with Gasteiger partial charge in [-0.25, -0.2) is 0 Å². The molecule has 0 aliphatic rings. The summed E-state index contributed by atoms with van der Waals surface area (Å²) in [5.74, 6) is -0.528. The number of methoxy groups -OCH3 is 1. The van der Waals surface area contributed by atoms with Gasteiger partial charge >= 0.3 is 5.97 Å². The highest BCUT2D eigenvalue weighted by Gasteiger charge is 2.27. The van der Waals surface area contributed by atoms with E-state index in [4.69, 9.17) is 15.3 Å². The van der Waals surface area contributed by atoms with Gasteiger partial charge in [0.25, 0.3) is 0 Å². The second-order valence-electron chi connectivity index (χ2n) is 2.68. The standard InChI is InChI=1S/C7H15NO5/c1-13-6(12)2-8-7(3-9,4-10)5-11/h8-11H,2-5H2,1H3. The Balaban J connectivity index is 4.02. The minimum absolute atomic E-state index is 0.168. The van der Waals surface area contributed by atoms with Crippen molar-refractivity contribution >= 4 is 5.97 Å². The maximum Gasteiger partial charge on any atom is 0.319 e. The van der Waals surface area contributed by atoms with Crippen molar-refractivity contribution in [2.24, 2.45) is 0 Å². The molecule has 0 rings (SSSR count). The summed E-state index contributed by atoms with van der Waals surface area (Å²) in [6, 6.07) is 0. The molecule has 0 aliphatic heterocycles. The summed E-state index contributed by atoms with van der Waals surface area (Å²) in [5.41, 5.74) is -1.23. The molecule has 0 aromatic carbocycles. The molecule has 0 saturated carbocycles. The van der Waals surface area contributed by atoms with Crippen LogP contribution in [-0.2, 0) is 9.53 Å². The van der Waals surface area contributed by atoms with Crippen LogP contribution in [0.2, 0.25) is 0 Å². The van der Waals surface area contributed by atoms with Gasteiger partial charge in [-0.05, 0) is 0 Å². The van der Waals surface area contributed by atoms with E-state index in [0.717, 1.165) is 0 Å². The molecule has 0 amide bonds. The minimum atomic E-state index is -1.23. The van der Waals surface area contributed by atoms with Crippen LogP contribution >= 0.6 is 0 Å². The average Bonchev–Trinajstić information content (AvgIpc) is 2.20. The summed E-state index contributed by atoms with van der Waals surface area (Å²) in [7, 11) is 1.22. The molecule has 0 spiro atoms. The number of esters is 1. The van der Waals surface area contributed by atoms with E-state index in [1.54, 1.807) is 0 Å². The number of nitrogens with one attached hydrogen (secondary N) is 1. The first-order valence-corrected chi connectivity index (χ1v) is 3.78. The van der Waals surface area contributed by atoms with Crippen molar-refractivity contribution < 1.29 is 24.9 Å². The maximum atomic E-state index is 10.7. The van der Waals surface area contributed by atoms with Crippen LogP contribution in [0.3, 0.4) is 0 Å². The molecule has 0 unspecified atom stereocenters. The molecule has 0 fully saturated rings. The first-order chi connectivity index (χ1) is 6.14. The van der Waals surface area contributed by atoms with Crippen LogP contribution in [0.4, 0.5) is 0 Å². The molecule has 0 aromatic heterocycles. The monoisotopic (exact) mass is 193 g/mol. The van der Waals surface area contributed by atoms with Crippen LogP contribution in [0.1, 0.15) is 0 Å². The summed E-state index contributed by atoms with van der Waals surface area (Å²) < 4.78 is 4.33. The topological polar surface area (TPSA) is 99.0 Å². The van der Waals surface area contributed by atoms with Crippen LogP contribution in [0.25, 0.3) is 0 Å². The van der Waals surface area contributed by atoms with E-state index in [9.17, 15) is 4.79 Å². The minimum Gasteiger partial charge on any atom is -0.468 e. The van der Waals surface area contributed by atoms with Crippen LogP contribution in [0.5, 0.6) is 0 Å². The van der Waals surface area contributed by atoms with Crippen LogP contribution < -0.4 is 5.32 Å². The molecule has 0 aliphatic carbocycles. The van der Waals surface area contributed by atoms with Crippen molar-refractivity contribution in [1.29, 1.82) is 0 Å². The first-order valence-electron chi connectivity index (χ1n) is 3.78. The van der Waals surface area contributed by atoms with Gasteiger partial charge in [0.05, 0.1) is 39.0 Å². The second kappa shape index (κ2) is 5.87. The van der Waals surface area contributed by atoms with Gasteiger partial charge in [-0.3, -0.25) is 10.1 Å². The average molecular weight is 193 g/mol. The third-order valence-electron chi connectivity index (χ3n) is 1.74. The Bertz CT molecular complexity index is 149. The highest BCUT2D eigenvalue weighted by molar-refractivity contribution is 5.71. The van der Waals surface area contributed by atoms with E-state index < -0.39 is 31.3 Å². The Morgan fingerprint density at radius 2 is 1.77 bits per heavy atom. The highest BCUT2D eigenvalue weighted by Crippen LogP contribution is 2.00. The van der Waals surface area contributed by atoms with E-state index in [1.807, 2.05) is 0 Å². The van der Waals surface area contributed by atoms with Crippen molar-refractivity contribution in [3.63, 3.8) is 0 Å². The van der Waals surface area contributed by atoms with Crippen LogP contribution in [0, 0.1) is 0 Å². The molecular formula is C7H15NO5. The Kier molecular flexibility index (Phi) is 5.56. The van der Waals surface area contributed by atoms with Crippen molar-refractivity contribution in [3.8, 4) is 0 Å². The predicted octanol–water partition coefficient (Wildman–Crippen LogP) is -2.54. The SMILES string of the molecule is COC(=O)CNC(CO)(CO)CO. The molecule has 0 radical (unpaired) electrons. The molecule has 4 N–H and O–H groups in total. The lowest BCUT2D eigenvalue weighted by Gasteiger charge is -2.28. The van der Waals surface area contributed by atoms with E-state index >= 15 is 0 Å². The number of aliphatic hydroxyl groups is 3. The number of rotatable bonds is 6. The summed E-state index contributed by atoms with van der Waals surface area (Å²) in [6.07, 6.45) is 0. The van der Waals surface area contributed by atoms with Crippen LogP contribution in [0.15, 0.2) is 0 Å². The van der Waals surface area contributed by atoms with Gasteiger partial charge in [0.2, 0.25) is 0 Å². The van der Waals surface area contributed by atoms with Crippen molar-refractivity contribution in [2.45, 2.75) is 5.54 Å². The molecule has 78 valence electrons. The molecule has 6 heteroatoms. The molecule has 0 heterocycles. The van der Waals surface area contributed by atoms with Crippen molar-refractivity contribution in [2.75, 3.05) is 33.5 Å². The number of aliphatic hydroxyl groups excluding tert-OH is 3. The van der Waals surface area contributed by atoms with Crippen LogP contribution in [-0.4, -0.2) is 60.3 Å². The van der Waals surface area contributed by atoms with Gasteiger partial charge in [-0.1, -0.05) is 0 Å². The number of hydrogen-bond donors (Lipinski definition) is 4. The number of carbonyl (C=O) groups excluding carboxylic acids is 1. The molecule has 0 atom stereocenters. The summed E-state index contributed by atoms with van der Waals surface area (Å²) >= 11 is 0. The number of hydrogen-bond acceptors (Lipinski definition) is 6. The molecule has 13 heavy (non-hydrogen) atoms. The number of carbonyl (C=O) groups is 1. The fourth-order valence-electron chi connectivity index (χ4n) is 0.650. The predicted molar refractivity (Wildman–Crippen MR) is 44.0 cm³/mol. The van der Waals surface area contributed by atoms with Gasteiger partial charge in [0, 0.05) is 0 Å². The molecule has 6 nitrogen and oxygen atoms in total. The van der Waals surface area contributed by atoms with E-state index in [2.05, 4.69) is 10.1 Å². The zero-order valence-electron chi connectivity index (χ0n) is 7.49. The Labute approximate surface area is 76.1 Å². The Hall–Kier alpha value is -0.690. The third kappa shape index (κ3) is 3.69.